The van der Waals surface area contributed by atoms with Gasteiger partial charge in [-0.2, -0.15) is 0 Å². The Morgan fingerprint density at radius 1 is 1.00 bits per heavy atom. The molecule has 5 unspecified atom stereocenters. The number of nitrogens with zero attached hydrogens (tertiary/aromatic N) is 2. The molecule has 38 heavy (non-hydrogen) atoms. The van der Waals surface area contributed by atoms with Gasteiger partial charge in [-0.05, 0) is 94.7 Å². The fraction of sp³-hybridized carbons (Fsp3) is 0.933. The molecule has 4 fully saturated rings. The maximum atomic E-state index is 13.2. The minimum atomic E-state index is -1.97. The monoisotopic (exact) mass is 550 g/mol. The molecule has 0 N–H and O–H groups in total. The second-order valence-electron chi connectivity index (χ2n) is 15.3. The van der Waals surface area contributed by atoms with Gasteiger partial charge in [0.1, 0.15) is 5.60 Å². The molecule has 2 saturated heterocycles. The van der Waals surface area contributed by atoms with Crippen LogP contribution in [0.25, 0.3) is 0 Å². The van der Waals surface area contributed by atoms with E-state index in [0.717, 1.165) is 25.7 Å². The summed E-state index contributed by atoms with van der Waals surface area (Å²) >= 11 is 0. The number of amides is 2. The van der Waals surface area contributed by atoms with Gasteiger partial charge in [-0.25, -0.2) is 4.79 Å². The number of hydrogen-bond donors (Lipinski definition) is 0. The van der Waals surface area contributed by atoms with Crippen LogP contribution in [-0.2, 0) is 18.7 Å². The van der Waals surface area contributed by atoms with Gasteiger partial charge in [-0.15, -0.1) is 0 Å². The molecule has 0 aromatic carbocycles. The van der Waals surface area contributed by atoms with E-state index in [-0.39, 0.29) is 28.5 Å². The molecule has 0 aromatic rings. The average Bonchev–Trinajstić information content (AvgIpc) is 3.38. The molecule has 2 aliphatic carbocycles. The molecule has 0 bridgehead atoms. The fourth-order valence-corrected chi connectivity index (χ4v) is 8.98. The van der Waals surface area contributed by atoms with Gasteiger partial charge in [0.25, 0.3) is 0 Å². The standard InChI is InChI=1S/C30H54N2O5Si/c1-20(33)32-19-30(13-14-31(18-30)27(34)37-28(2,3)4)26-23-12-11-22(35-8)15-21(23)16-24(26)25(32)17-36-38(9,10)29(5,6)7/h21-26H,11-19H2,1-10H3/t21?,22?,23?,24?,25-,26?,30-/m0/s1. The first-order chi connectivity index (χ1) is 17.5. The van der Waals surface area contributed by atoms with E-state index in [0.29, 0.717) is 56.0 Å². The van der Waals surface area contributed by atoms with Crippen molar-refractivity contribution in [2.24, 2.45) is 29.1 Å². The van der Waals surface area contributed by atoms with E-state index < -0.39 is 13.9 Å². The Labute approximate surface area is 232 Å². The molecule has 7 nitrogen and oxygen atoms in total. The molecule has 0 radical (unpaired) electrons. The largest absolute Gasteiger partial charge is 0.444 e. The Balaban J connectivity index is 1.66. The van der Waals surface area contributed by atoms with Crippen molar-refractivity contribution in [1.82, 2.24) is 9.80 Å². The summed E-state index contributed by atoms with van der Waals surface area (Å²) in [7, 11) is -0.124. The highest BCUT2D eigenvalue weighted by Gasteiger charge is 2.63. The molecule has 4 rings (SSSR count). The molecule has 7 atom stereocenters. The molecule has 2 amide bonds. The number of methoxy groups -OCH3 is 1. The highest BCUT2D eigenvalue weighted by Crippen LogP contribution is 2.62. The zero-order valence-corrected chi connectivity index (χ0v) is 26.8. The first-order valence-electron chi connectivity index (χ1n) is 14.9. The lowest BCUT2D eigenvalue weighted by Crippen LogP contribution is -2.62. The zero-order valence-electron chi connectivity index (χ0n) is 25.8. The van der Waals surface area contributed by atoms with Crippen molar-refractivity contribution >= 4 is 20.3 Å². The maximum Gasteiger partial charge on any atom is 0.410 e. The van der Waals surface area contributed by atoms with Gasteiger partial charge in [0.05, 0.1) is 18.8 Å². The molecule has 4 aliphatic rings. The molecule has 8 heteroatoms. The lowest BCUT2D eigenvalue weighted by atomic mass is 9.60. The van der Waals surface area contributed by atoms with Gasteiger partial charge in [-0.1, -0.05) is 20.8 Å². The van der Waals surface area contributed by atoms with E-state index in [1.165, 1.54) is 6.42 Å². The third kappa shape index (κ3) is 5.69. The predicted molar refractivity (Wildman–Crippen MR) is 152 cm³/mol. The number of piperidine rings is 1. The normalized spacial score (nSPS) is 35.8. The molecule has 2 aliphatic heterocycles. The topological polar surface area (TPSA) is 68.3 Å². The lowest BCUT2D eigenvalue weighted by Gasteiger charge is -2.55. The van der Waals surface area contributed by atoms with Crippen LogP contribution in [0.15, 0.2) is 0 Å². The zero-order chi connectivity index (χ0) is 28.3. The van der Waals surface area contributed by atoms with Gasteiger partial charge >= 0.3 is 6.09 Å². The third-order valence-corrected chi connectivity index (χ3v) is 15.3. The number of rotatable bonds is 4. The second-order valence-corrected chi connectivity index (χ2v) is 20.1. The summed E-state index contributed by atoms with van der Waals surface area (Å²) in [6.07, 6.45) is 5.56. The summed E-state index contributed by atoms with van der Waals surface area (Å²) < 4.78 is 18.4. The van der Waals surface area contributed by atoms with Crippen molar-refractivity contribution in [3.05, 3.63) is 0 Å². The van der Waals surface area contributed by atoms with Crippen molar-refractivity contribution in [3.8, 4) is 0 Å². The van der Waals surface area contributed by atoms with Crippen LogP contribution in [0.3, 0.4) is 0 Å². The van der Waals surface area contributed by atoms with Crippen molar-refractivity contribution in [1.29, 1.82) is 0 Å². The predicted octanol–water partition coefficient (Wildman–Crippen LogP) is 5.93. The number of fused-ring (bicyclic) bond motifs is 4. The number of carbonyl (C=O) groups is 2. The summed E-state index contributed by atoms with van der Waals surface area (Å²) in [4.78, 5) is 30.4. The number of carbonyl (C=O) groups excluding carboxylic acids is 2. The SMILES string of the molecule is COC1CCC2C(C1)CC1C2[C@]2(CCN(C(=O)OC(C)(C)C)C2)CN(C(C)=O)[C@H]1CO[Si](C)(C)C(C)(C)C. The van der Waals surface area contributed by atoms with Gasteiger partial charge in [0, 0.05) is 39.1 Å². The van der Waals surface area contributed by atoms with Crippen molar-refractivity contribution in [3.63, 3.8) is 0 Å². The smallest absolute Gasteiger partial charge is 0.410 e. The minimum Gasteiger partial charge on any atom is -0.444 e. The van der Waals surface area contributed by atoms with E-state index in [2.05, 4.69) is 38.8 Å². The average molecular weight is 551 g/mol. The molecular formula is C30H54N2O5Si. The Bertz CT molecular complexity index is 896. The molecule has 218 valence electrons. The van der Waals surface area contributed by atoms with Crippen LogP contribution in [0.1, 0.15) is 80.6 Å². The highest BCUT2D eigenvalue weighted by molar-refractivity contribution is 6.74. The van der Waals surface area contributed by atoms with E-state index in [4.69, 9.17) is 13.9 Å². The number of ether oxygens (including phenoxy) is 2. The summed E-state index contributed by atoms with van der Waals surface area (Å²) in [5, 5.41) is 0.123. The van der Waals surface area contributed by atoms with Gasteiger partial charge in [0.15, 0.2) is 8.32 Å². The third-order valence-electron chi connectivity index (χ3n) is 10.8. The van der Waals surface area contributed by atoms with Crippen molar-refractivity contribution in [2.45, 2.75) is 116 Å². The van der Waals surface area contributed by atoms with Crippen LogP contribution in [0.2, 0.25) is 18.1 Å². The molecule has 1 spiro atoms. The molecule has 0 aromatic heterocycles. The quantitative estimate of drug-likeness (QED) is 0.406. The Kier molecular flexibility index (Phi) is 8.14. The van der Waals surface area contributed by atoms with E-state index in [1.54, 1.807) is 6.92 Å². The van der Waals surface area contributed by atoms with Crippen LogP contribution < -0.4 is 0 Å². The molecule has 2 saturated carbocycles. The number of likely N-dealkylation sites (tertiary alicyclic amines) is 2. The summed E-state index contributed by atoms with van der Waals surface area (Å²) in [5.74, 6) is 2.24. The Morgan fingerprint density at radius 3 is 2.26 bits per heavy atom. The highest BCUT2D eigenvalue weighted by atomic mass is 28.4. The van der Waals surface area contributed by atoms with Crippen molar-refractivity contribution in [2.75, 3.05) is 33.4 Å². The van der Waals surface area contributed by atoms with Gasteiger partial charge in [-0.3, -0.25) is 4.79 Å². The van der Waals surface area contributed by atoms with Crippen LogP contribution in [-0.4, -0.2) is 81.2 Å². The van der Waals surface area contributed by atoms with Crippen LogP contribution in [0.4, 0.5) is 4.79 Å². The minimum absolute atomic E-state index is 0.0833. The Hall–Kier alpha value is -1.12. The lowest BCUT2D eigenvalue weighted by molar-refractivity contribution is -0.145. The number of hydrogen-bond acceptors (Lipinski definition) is 5. The van der Waals surface area contributed by atoms with Gasteiger partial charge in [0.2, 0.25) is 5.91 Å². The van der Waals surface area contributed by atoms with E-state index >= 15 is 0 Å². The summed E-state index contributed by atoms with van der Waals surface area (Å²) in [6, 6.07) is 0.0967. The van der Waals surface area contributed by atoms with Crippen LogP contribution >= 0.6 is 0 Å². The Morgan fingerprint density at radius 2 is 1.68 bits per heavy atom. The molecule has 2 heterocycles. The molecular weight excluding hydrogens is 496 g/mol. The first kappa shape index (κ1) is 29.8. The second kappa shape index (κ2) is 10.4. The summed E-state index contributed by atoms with van der Waals surface area (Å²) in [6.45, 7) is 21.7. The van der Waals surface area contributed by atoms with E-state index in [9.17, 15) is 9.59 Å². The van der Waals surface area contributed by atoms with E-state index in [1.807, 2.05) is 32.8 Å². The van der Waals surface area contributed by atoms with Gasteiger partial charge < -0.3 is 23.7 Å². The first-order valence-corrected chi connectivity index (χ1v) is 17.8. The summed E-state index contributed by atoms with van der Waals surface area (Å²) in [5.41, 5.74) is -0.601. The fourth-order valence-electron chi connectivity index (χ4n) is 7.96. The van der Waals surface area contributed by atoms with Crippen LogP contribution in [0.5, 0.6) is 0 Å². The van der Waals surface area contributed by atoms with Crippen LogP contribution in [0, 0.1) is 29.1 Å². The maximum absolute atomic E-state index is 13.2. The van der Waals surface area contributed by atoms with Crippen molar-refractivity contribution < 1.29 is 23.5 Å².